The molecule has 0 aromatic rings. The fourth-order valence-corrected chi connectivity index (χ4v) is 2.67. The molecule has 0 amide bonds. The Kier molecular flexibility index (Phi) is 3.36. The molecule has 0 radical (unpaired) electrons. The van der Waals surface area contributed by atoms with E-state index in [1.165, 1.54) is 51.9 Å². The van der Waals surface area contributed by atoms with Gasteiger partial charge in [-0.15, -0.1) is 0 Å². The summed E-state index contributed by atoms with van der Waals surface area (Å²) < 4.78 is 0. The second-order valence-corrected chi connectivity index (χ2v) is 5.99. The molecule has 2 rings (SSSR count). The van der Waals surface area contributed by atoms with Crippen molar-refractivity contribution in [1.82, 2.24) is 9.80 Å². The standard InChI is InChI=1S/C13H26N2/c1-12(2)14(3)10-13(6-7-13)11-15-8-4-5-9-15/h12H,4-11H2,1-3H3. The third-order valence-corrected chi connectivity index (χ3v) is 4.18. The van der Waals surface area contributed by atoms with Crippen LogP contribution < -0.4 is 0 Å². The molecule has 0 atom stereocenters. The number of hydrogen-bond acceptors (Lipinski definition) is 2. The van der Waals surface area contributed by atoms with E-state index in [4.69, 9.17) is 0 Å². The lowest BCUT2D eigenvalue weighted by Gasteiger charge is -2.29. The lowest BCUT2D eigenvalue weighted by Crippen LogP contribution is -2.38. The Bertz CT molecular complexity index is 197. The van der Waals surface area contributed by atoms with Crippen LogP contribution in [0.25, 0.3) is 0 Å². The van der Waals surface area contributed by atoms with Gasteiger partial charge in [0.05, 0.1) is 0 Å². The van der Waals surface area contributed by atoms with Gasteiger partial charge in [0.2, 0.25) is 0 Å². The van der Waals surface area contributed by atoms with Gasteiger partial charge in [-0.25, -0.2) is 0 Å². The van der Waals surface area contributed by atoms with Crippen molar-refractivity contribution in [3.63, 3.8) is 0 Å². The highest BCUT2D eigenvalue weighted by Crippen LogP contribution is 2.47. The van der Waals surface area contributed by atoms with Gasteiger partial charge in [-0.1, -0.05) is 0 Å². The molecule has 2 aliphatic rings. The minimum atomic E-state index is 0.670. The summed E-state index contributed by atoms with van der Waals surface area (Å²) in [5.74, 6) is 0. The van der Waals surface area contributed by atoms with Crippen molar-refractivity contribution in [3.8, 4) is 0 Å². The summed E-state index contributed by atoms with van der Waals surface area (Å²) in [5, 5.41) is 0. The maximum atomic E-state index is 2.68. The summed E-state index contributed by atoms with van der Waals surface area (Å²) in [6.45, 7) is 9.98. The van der Waals surface area contributed by atoms with Crippen molar-refractivity contribution < 1.29 is 0 Å². The molecule has 0 N–H and O–H groups in total. The minimum Gasteiger partial charge on any atom is -0.303 e. The van der Waals surface area contributed by atoms with Crippen LogP contribution in [0.1, 0.15) is 39.5 Å². The van der Waals surface area contributed by atoms with Crippen molar-refractivity contribution in [2.24, 2.45) is 5.41 Å². The highest BCUT2D eigenvalue weighted by molar-refractivity contribution is 4.98. The highest BCUT2D eigenvalue weighted by Gasteiger charge is 2.44. The zero-order valence-electron chi connectivity index (χ0n) is 10.6. The smallest absolute Gasteiger partial charge is 0.00502 e. The lowest BCUT2D eigenvalue weighted by molar-refractivity contribution is 0.176. The van der Waals surface area contributed by atoms with Crippen LogP contribution in [0.4, 0.5) is 0 Å². The minimum absolute atomic E-state index is 0.670. The summed E-state index contributed by atoms with van der Waals surface area (Å²) >= 11 is 0. The molecule has 0 aromatic heterocycles. The second kappa shape index (κ2) is 4.42. The maximum Gasteiger partial charge on any atom is 0.00502 e. The van der Waals surface area contributed by atoms with E-state index in [0.717, 1.165) is 0 Å². The van der Waals surface area contributed by atoms with Gasteiger partial charge in [-0.3, -0.25) is 0 Å². The van der Waals surface area contributed by atoms with Gasteiger partial charge in [0.1, 0.15) is 0 Å². The number of hydrogen-bond donors (Lipinski definition) is 0. The maximum absolute atomic E-state index is 2.68. The summed E-state index contributed by atoms with van der Waals surface area (Å²) in [7, 11) is 2.27. The molecule has 2 fully saturated rings. The van der Waals surface area contributed by atoms with Crippen molar-refractivity contribution >= 4 is 0 Å². The van der Waals surface area contributed by atoms with Crippen LogP contribution in [-0.2, 0) is 0 Å². The van der Waals surface area contributed by atoms with Gasteiger partial charge in [0.25, 0.3) is 0 Å². The number of rotatable bonds is 5. The average Bonchev–Trinajstić information content (AvgIpc) is 2.74. The van der Waals surface area contributed by atoms with E-state index in [2.05, 4.69) is 30.7 Å². The summed E-state index contributed by atoms with van der Waals surface area (Å²) in [4.78, 5) is 5.20. The summed E-state index contributed by atoms with van der Waals surface area (Å²) in [5.41, 5.74) is 0.670. The van der Waals surface area contributed by atoms with E-state index in [9.17, 15) is 0 Å². The van der Waals surface area contributed by atoms with Crippen LogP contribution in [0.5, 0.6) is 0 Å². The van der Waals surface area contributed by atoms with Crippen LogP contribution in [0.2, 0.25) is 0 Å². The molecule has 1 aliphatic carbocycles. The van der Waals surface area contributed by atoms with Gasteiger partial charge in [0, 0.05) is 19.1 Å². The third-order valence-electron chi connectivity index (χ3n) is 4.18. The third kappa shape index (κ3) is 2.94. The lowest BCUT2D eigenvalue weighted by atomic mass is 10.1. The Morgan fingerprint density at radius 3 is 2.27 bits per heavy atom. The van der Waals surface area contributed by atoms with Crippen molar-refractivity contribution in [2.45, 2.75) is 45.6 Å². The highest BCUT2D eigenvalue weighted by atomic mass is 15.2. The number of likely N-dealkylation sites (tertiary alicyclic amines) is 1. The molecule has 2 nitrogen and oxygen atoms in total. The molecule has 0 spiro atoms. The summed E-state index contributed by atoms with van der Waals surface area (Å²) in [6.07, 6.45) is 5.77. The first-order valence-electron chi connectivity index (χ1n) is 6.54. The van der Waals surface area contributed by atoms with E-state index in [1.54, 1.807) is 0 Å². The first-order valence-corrected chi connectivity index (χ1v) is 6.54. The van der Waals surface area contributed by atoms with Gasteiger partial charge >= 0.3 is 0 Å². The Hall–Kier alpha value is -0.0800. The molecule has 15 heavy (non-hydrogen) atoms. The van der Waals surface area contributed by atoms with Crippen LogP contribution in [0, 0.1) is 5.41 Å². The fourth-order valence-electron chi connectivity index (χ4n) is 2.67. The first kappa shape index (κ1) is 11.4. The van der Waals surface area contributed by atoms with Crippen LogP contribution in [-0.4, -0.2) is 49.1 Å². The average molecular weight is 210 g/mol. The van der Waals surface area contributed by atoms with Gasteiger partial charge in [-0.05, 0) is 65.1 Å². The molecule has 2 heteroatoms. The van der Waals surface area contributed by atoms with Gasteiger partial charge in [-0.2, -0.15) is 0 Å². The Balaban J connectivity index is 1.79. The van der Waals surface area contributed by atoms with Crippen LogP contribution >= 0.6 is 0 Å². The van der Waals surface area contributed by atoms with Gasteiger partial charge in [0.15, 0.2) is 0 Å². The van der Waals surface area contributed by atoms with E-state index in [-0.39, 0.29) is 0 Å². The van der Waals surface area contributed by atoms with Crippen LogP contribution in [0.15, 0.2) is 0 Å². The fraction of sp³-hybridized carbons (Fsp3) is 1.00. The van der Waals surface area contributed by atoms with E-state index in [1.807, 2.05) is 0 Å². The van der Waals surface area contributed by atoms with Crippen molar-refractivity contribution in [2.75, 3.05) is 33.2 Å². The topological polar surface area (TPSA) is 6.48 Å². The second-order valence-electron chi connectivity index (χ2n) is 5.99. The molecule has 1 saturated carbocycles. The van der Waals surface area contributed by atoms with Crippen LogP contribution in [0.3, 0.4) is 0 Å². The largest absolute Gasteiger partial charge is 0.303 e. The molecule has 1 aliphatic heterocycles. The van der Waals surface area contributed by atoms with Crippen molar-refractivity contribution in [1.29, 1.82) is 0 Å². The van der Waals surface area contributed by atoms with Gasteiger partial charge < -0.3 is 9.80 Å². The zero-order chi connectivity index (χ0) is 10.9. The molecule has 0 unspecified atom stereocenters. The van der Waals surface area contributed by atoms with E-state index < -0.39 is 0 Å². The Morgan fingerprint density at radius 1 is 1.20 bits per heavy atom. The molecule has 1 heterocycles. The van der Waals surface area contributed by atoms with E-state index >= 15 is 0 Å². The zero-order valence-corrected chi connectivity index (χ0v) is 10.6. The Morgan fingerprint density at radius 2 is 1.80 bits per heavy atom. The normalized spacial score (nSPS) is 25.4. The molecule has 88 valence electrons. The summed E-state index contributed by atoms with van der Waals surface area (Å²) in [6, 6.07) is 0.695. The number of nitrogens with zero attached hydrogens (tertiary/aromatic N) is 2. The monoisotopic (exact) mass is 210 g/mol. The first-order chi connectivity index (χ1) is 7.11. The SMILES string of the molecule is CC(C)N(C)CC1(CN2CCCC2)CC1. The predicted molar refractivity (Wildman–Crippen MR) is 65.1 cm³/mol. The quantitative estimate of drug-likeness (QED) is 0.686. The van der Waals surface area contributed by atoms with Crippen molar-refractivity contribution in [3.05, 3.63) is 0 Å². The molecule has 0 bridgehead atoms. The molecular formula is C13H26N2. The Labute approximate surface area is 94.6 Å². The van der Waals surface area contributed by atoms with E-state index in [0.29, 0.717) is 11.5 Å². The molecule has 1 saturated heterocycles. The molecule has 0 aromatic carbocycles. The molecular weight excluding hydrogens is 184 g/mol. The predicted octanol–water partition coefficient (Wildman–Crippen LogP) is 2.20.